The van der Waals surface area contributed by atoms with Crippen LogP contribution in [0.4, 0.5) is 10.1 Å². The average molecular weight is 395 g/mol. The number of aromatic nitrogens is 1. The maximum absolute atomic E-state index is 14.0. The van der Waals surface area contributed by atoms with Gasteiger partial charge in [0.05, 0.1) is 6.54 Å². The number of halogens is 1. The molecule has 6 heteroatoms. The number of aryl methyl sites for hydroxylation is 1. The summed E-state index contributed by atoms with van der Waals surface area (Å²) in [6, 6.07) is 7.01. The van der Waals surface area contributed by atoms with Gasteiger partial charge in [-0.1, -0.05) is 0 Å². The molecule has 2 fully saturated rings. The van der Waals surface area contributed by atoms with Gasteiger partial charge in [0, 0.05) is 56.5 Å². The molecule has 2 aromatic rings. The van der Waals surface area contributed by atoms with Gasteiger partial charge >= 0.3 is 0 Å². The van der Waals surface area contributed by atoms with E-state index in [-0.39, 0.29) is 17.3 Å². The molecule has 1 saturated carbocycles. The Bertz CT molecular complexity index is 1050. The predicted molar refractivity (Wildman–Crippen MR) is 109 cm³/mol. The standard InChI is InChI=1S/C23H26FN3O2/c1-14-5-22(28)25(2)21-13-27(12-20(14)21)23(29)6-15-10-26(11-15)19-8-17(16-3-4-16)7-18(24)9-19/h5,7-9,15-16H,3-4,6,10-13H2,1-2H3. The van der Waals surface area contributed by atoms with Crippen molar-refractivity contribution < 1.29 is 9.18 Å². The molecule has 0 spiro atoms. The van der Waals surface area contributed by atoms with Gasteiger partial charge in [0.1, 0.15) is 5.82 Å². The fraction of sp³-hybridized carbons (Fsp3) is 0.478. The zero-order valence-electron chi connectivity index (χ0n) is 16.9. The minimum atomic E-state index is -0.167. The second-order valence-electron chi connectivity index (χ2n) is 8.89. The SMILES string of the molecule is Cc1cc(=O)n(C)c2c1CN(C(=O)CC1CN(c3cc(F)cc(C4CC4)c3)C1)C2. The van der Waals surface area contributed by atoms with Crippen molar-refractivity contribution in [2.75, 3.05) is 18.0 Å². The number of anilines is 1. The number of nitrogens with zero attached hydrogens (tertiary/aromatic N) is 3. The number of hydrogen-bond acceptors (Lipinski definition) is 3. The molecule has 1 amide bonds. The normalized spacial score (nSPS) is 18.7. The van der Waals surface area contributed by atoms with Crippen molar-refractivity contribution in [3.8, 4) is 0 Å². The first-order valence-electron chi connectivity index (χ1n) is 10.4. The molecule has 5 nitrogen and oxygen atoms in total. The summed E-state index contributed by atoms with van der Waals surface area (Å²) in [4.78, 5) is 28.9. The second-order valence-corrected chi connectivity index (χ2v) is 8.89. The lowest BCUT2D eigenvalue weighted by Crippen LogP contribution is -2.48. The molecule has 152 valence electrons. The Morgan fingerprint density at radius 1 is 1.14 bits per heavy atom. The van der Waals surface area contributed by atoms with Crippen molar-refractivity contribution in [3.63, 3.8) is 0 Å². The molecular formula is C23H26FN3O2. The van der Waals surface area contributed by atoms with Crippen molar-refractivity contribution in [1.29, 1.82) is 0 Å². The zero-order valence-corrected chi connectivity index (χ0v) is 16.9. The second kappa shape index (κ2) is 6.71. The summed E-state index contributed by atoms with van der Waals surface area (Å²) in [5.41, 5.74) is 5.04. The number of rotatable bonds is 4. The highest BCUT2D eigenvalue weighted by atomic mass is 19.1. The van der Waals surface area contributed by atoms with Gasteiger partial charge in [0.15, 0.2) is 0 Å². The van der Waals surface area contributed by atoms with Crippen LogP contribution >= 0.6 is 0 Å². The van der Waals surface area contributed by atoms with Crippen molar-refractivity contribution in [3.05, 3.63) is 62.8 Å². The number of benzene rings is 1. The molecule has 1 saturated heterocycles. The minimum Gasteiger partial charge on any atom is -0.371 e. The van der Waals surface area contributed by atoms with Crippen LogP contribution < -0.4 is 10.5 Å². The molecule has 0 unspecified atom stereocenters. The van der Waals surface area contributed by atoms with Gasteiger partial charge in [0.2, 0.25) is 5.91 Å². The van der Waals surface area contributed by atoms with Gasteiger partial charge in [-0.2, -0.15) is 0 Å². The van der Waals surface area contributed by atoms with Gasteiger partial charge in [0.25, 0.3) is 5.56 Å². The van der Waals surface area contributed by atoms with Crippen molar-refractivity contribution in [2.45, 2.75) is 45.2 Å². The first-order chi connectivity index (χ1) is 13.9. The summed E-state index contributed by atoms with van der Waals surface area (Å²) in [5.74, 6) is 0.790. The molecule has 2 aliphatic heterocycles. The Labute approximate surface area is 169 Å². The molecule has 0 bridgehead atoms. The molecule has 29 heavy (non-hydrogen) atoms. The van der Waals surface area contributed by atoms with E-state index in [4.69, 9.17) is 0 Å². The largest absolute Gasteiger partial charge is 0.371 e. The third-order valence-electron chi connectivity index (χ3n) is 6.68. The Morgan fingerprint density at radius 2 is 1.90 bits per heavy atom. The number of hydrogen-bond donors (Lipinski definition) is 0. The van der Waals surface area contributed by atoms with Crippen LogP contribution in [-0.2, 0) is 24.9 Å². The van der Waals surface area contributed by atoms with E-state index in [9.17, 15) is 14.0 Å². The third-order valence-corrected chi connectivity index (χ3v) is 6.68. The topological polar surface area (TPSA) is 45.6 Å². The van der Waals surface area contributed by atoms with Crippen LogP contribution in [0.25, 0.3) is 0 Å². The smallest absolute Gasteiger partial charge is 0.250 e. The Kier molecular flexibility index (Phi) is 4.26. The van der Waals surface area contributed by atoms with Crippen molar-refractivity contribution >= 4 is 11.6 Å². The highest BCUT2D eigenvalue weighted by molar-refractivity contribution is 5.77. The number of amides is 1. The third kappa shape index (κ3) is 3.34. The maximum atomic E-state index is 14.0. The van der Waals surface area contributed by atoms with E-state index in [2.05, 4.69) is 11.0 Å². The van der Waals surface area contributed by atoms with Crippen LogP contribution in [0.3, 0.4) is 0 Å². The van der Waals surface area contributed by atoms with Gasteiger partial charge in [-0.15, -0.1) is 0 Å². The summed E-state index contributed by atoms with van der Waals surface area (Å²) < 4.78 is 15.6. The summed E-state index contributed by atoms with van der Waals surface area (Å²) in [6.07, 6.45) is 2.81. The lowest BCUT2D eigenvalue weighted by molar-refractivity contribution is -0.133. The first-order valence-corrected chi connectivity index (χ1v) is 10.4. The van der Waals surface area contributed by atoms with Crippen molar-refractivity contribution in [1.82, 2.24) is 9.47 Å². The lowest BCUT2D eigenvalue weighted by Gasteiger charge is -2.41. The minimum absolute atomic E-state index is 0.0224. The van der Waals surface area contributed by atoms with E-state index >= 15 is 0 Å². The fourth-order valence-electron chi connectivity index (χ4n) is 4.67. The van der Waals surface area contributed by atoms with E-state index in [1.165, 1.54) is 0 Å². The Morgan fingerprint density at radius 3 is 2.62 bits per heavy atom. The number of carbonyl (C=O) groups is 1. The summed E-state index contributed by atoms with van der Waals surface area (Å²) >= 11 is 0. The molecule has 3 aliphatic rings. The number of pyridine rings is 1. The quantitative estimate of drug-likeness (QED) is 0.799. The van der Waals surface area contributed by atoms with Gasteiger partial charge in [-0.05, 0) is 60.6 Å². The molecule has 1 aromatic carbocycles. The monoisotopic (exact) mass is 395 g/mol. The van der Waals surface area contributed by atoms with Gasteiger partial charge < -0.3 is 14.4 Å². The van der Waals surface area contributed by atoms with E-state index in [0.29, 0.717) is 31.3 Å². The maximum Gasteiger partial charge on any atom is 0.250 e. The molecule has 1 aliphatic carbocycles. The average Bonchev–Trinajstić information content (AvgIpc) is 3.39. The molecule has 1 aromatic heterocycles. The molecule has 3 heterocycles. The highest BCUT2D eigenvalue weighted by Crippen LogP contribution is 2.42. The molecule has 5 rings (SSSR count). The summed E-state index contributed by atoms with van der Waals surface area (Å²) in [5, 5.41) is 0. The summed E-state index contributed by atoms with van der Waals surface area (Å²) in [6.45, 7) is 4.61. The van der Waals surface area contributed by atoms with Gasteiger partial charge in [-0.25, -0.2) is 4.39 Å². The lowest BCUT2D eigenvalue weighted by atomic mass is 9.94. The molecule has 0 N–H and O–H groups in total. The predicted octanol–water partition coefficient (Wildman–Crippen LogP) is 3.08. The van der Waals surface area contributed by atoms with E-state index in [1.807, 2.05) is 11.8 Å². The molecule has 0 atom stereocenters. The van der Waals surface area contributed by atoms with Crippen LogP contribution in [0.2, 0.25) is 0 Å². The van der Waals surface area contributed by atoms with Crippen LogP contribution in [0.15, 0.2) is 29.1 Å². The number of fused-ring (bicyclic) bond motifs is 1. The van der Waals surface area contributed by atoms with Crippen LogP contribution in [0, 0.1) is 18.7 Å². The van der Waals surface area contributed by atoms with Crippen molar-refractivity contribution in [2.24, 2.45) is 13.0 Å². The van der Waals surface area contributed by atoms with E-state index in [1.54, 1.807) is 29.8 Å². The van der Waals surface area contributed by atoms with Gasteiger partial charge in [-0.3, -0.25) is 9.59 Å². The fourth-order valence-corrected chi connectivity index (χ4v) is 4.67. The summed E-state index contributed by atoms with van der Waals surface area (Å²) in [7, 11) is 1.77. The van der Waals surface area contributed by atoms with E-state index in [0.717, 1.165) is 54.0 Å². The van der Waals surface area contributed by atoms with E-state index < -0.39 is 0 Å². The Hall–Kier alpha value is -2.63. The molecular weight excluding hydrogens is 369 g/mol. The zero-order chi connectivity index (χ0) is 20.3. The van der Waals surface area contributed by atoms with Crippen LogP contribution in [0.1, 0.15) is 47.6 Å². The number of carbonyl (C=O) groups excluding carboxylic acids is 1. The Balaban J connectivity index is 1.20. The van der Waals surface area contributed by atoms with Crippen LogP contribution in [0.5, 0.6) is 0 Å². The van der Waals surface area contributed by atoms with Crippen LogP contribution in [-0.4, -0.2) is 28.5 Å². The first kappa shape index (κ1) is 18.4. The highest BCUT2D eigenvalue weighted by Gasteiger charge is 2.34. The molecule has 0 radical (unpaired) electrons.